The van der Waals surface area contributed by atoms with E-state index in [0.29, 0.717) is 25.3 Å². The van der Waals surface area contributed by atoms with Crippen molar-refractivity contribution in [1.29, 1.82) is 0 Å². The molecule has 1 fully saturated rings. The summed E-state index contributed by atoms with van der Waals surface area (Å²) in [5, 5.41) is 21.7. The zero-order chi connectivity index (χ0) is 15.3. The molecule has 0 atom stereocenters. The predicted octanol–water partition coefficient (Wildman–Crippen LogP) is 3.00. The fourth-order valence-corrected chi connectivity index (χ4v) is 3.28. The lowest BCUT2D eigenvalue weighted by atomic mass is 9.82. The molecular formula is C15H26N4O2. The number of rotatable bonds is 6. The molecule has 118 valence electrons. The number of aromatic nitrogens is 4. The summed E-state index contributed by atoms with van der Waals surface area (Å²) in [6.07, 6.45) is 8.37. The Kier molecular flexibility index (Phi) is 5.31. The molecule has 0 spiro atoms. The van der Waals surface area contributed by atoms with Gasteiger partial charge in [0.1, 0.15) is 0 Å². The van der Waals surface area contributed by atoms with Gasteiger partial charge in [-0.2, -0.15) is 0 Å². The maximum atomic E-state index is 11.7. The van der Waals surface area contributed by atoms with Crippen molar-refractivity contribution >= 4 is 5.97 Å². The number of carboxylic acid groups (broad SMARTS) is 1. The fraction of sp³-hybridized carbons (Fsp3) is 0.867. The van der Waals surface area contributed by atoms with Gasteiger partial charge in [-0.3, -0.25) is 4.79 Å². The van der Waals surface area contributed by atoms with Crippen LogP contribution in [0.15, 0.2) is 0 Å². The molecule has 2 rings (SSSR count). The van der Waals surface area contributed by atoms with E-state index in [-0.39, 0.29) is 0 Å². The maximum absolute atomic E-state index is 11.7. The van der Waals surface area contributed by atoms with Crippen LogP contribution in [0.3, 0.4) is 0 Å². The third kappa shape index (κ3) is 3.41. The van der Waals surface area contributed by atoms with E-state index < -0.39 is 11.4 Å². The molecule has 1 saturated carbocycles. The first kappa shape index (κ1) is 15.9. The number of aliphatic carboxylic acids is 1. The summed E-state index contributed by atoms with van der Waals surface area (Å²) in [5.41, 5.74) is -0.769. The standard InChI is InChI=1S/C15H26N4O2/c1-3-15(4-2,14(20)21)11-19-13(16-17-18-19)12-9-7-5-6-8-10-12/h12H,3-11H2,1-2H3,(H,20,21). The third-order valence-corrected chi connectivity index (χ3v) is 5.04. The highest BCUT2D eigenvalue weighted by atomic mass is 16.4. The van der Waals surface area contributed by atoms with Crippen molar-refractivity contribution in [2.75, 3.05) is 0 Å². The molecule has 0 saturated heterocycles. The second-order valence-corrected chi connectivity index (χ2v) is 6.18. The van der Waals surface area contributed by atoms with E-state index in [1.165, 1.54) is 25.7 Å². The van der Waals surface area contributed by atoms with Crippen LogP contribution in [0.1, 0.15) is 77.0 Å². The van der Waals surface area contributed by atoms with Gasteiger partial charge in [0.15, 0.2) is 5.82 Å². The quantitative estimate of drug-likeness (QED) is 0.816. The zero-order valence-corrected chi connectivity index (χ0v) is 13.1. The molecule has 0 aromatic carbocycles. The van der Waals surface area contributed by atoms with Crippen molar-refractivity contribution in [2.24, 2.45) is 5.41 Å². The predicted molar refractivity (Wildman–Crippen MR) is 78.9 cm³/mol. The van der Waals surface area contributed by atoms with E-state index in [1.54, 1.807) is 4.68 Å². The second-order valence-electron chi connectivity index (χ2n) is 6.18. The zero-order valence-electron chi connectivity index (χ0n) is 13.1. The first-order valence-electron chi connectivity index (χ1n) is 8.12. The van der Waals surface area contributed by atoms with Gasteiger partial charge in [-0.15, -0.1) is 5.10 Å². The lowest BCUT2D eigenvalue weighted by Crippen LogP contribution is -2.35. The Balaban J connectivity index is 2.21. The Bertz CT molecular complexity index is 460. The summed E-state index contributed by atoms with van der Waals surface area (Å²) < 4.78 is 1.75. The van der Waals surface area contributed by atoms with E-state index >= 15 is 0 Å². The van der Waals surface area contributed by atoms with Crippen LogP contribution in [0.25, 0.3) is 0 Å². The van der Waals surface area contributed by atoms with Crippen LogP contribution in [0.2, 0.25) is 0 Å². The number of carboxylic acids is 1. The molecule has 1 aromatic heterocycles. The Hall–Kier alpha value is -1.46. The van der Waals surface area contributed by atoms with Crippen LogP contribution in [0.5, 0.6) is 0 Å². The molecule has 1 N–H and O–H groups in total. The Morgan fingerprint density at radius 1 is 1.24 bits per heavy atom. The van der Waals surface area contributed by atoms with Gasteiger partial charge in [0.05, 0.1) is 12.0 Å². The number of hydrogen-bond acceptors (Lipinski definition) is 4. The molecule has 1 heterocycles. The van der Waals surface area contributed by atoms with E-state index in [2.05, 4.69) is 15.5 Å². The number of carbonyl (C=O) groups is 1. The van der Waals surface area contributed by atoms with Crippen molar-refractivity contribution in [1.82, 2.24) is 20.2 Å². The first-order chi connectivity index (χ1) is 10.1. The SMILES string of the molecule is CCC(CC)(Cn1nnnc1C1CCCCCC1)C(=O)O. The van der Waals surface area contributed by atoms with Gasteiger partial charge in [-0.25, -0.2) is 4.68 Å². The van der Waals surface area contributed by atoms with E-state index in [4.69, 9.17) is 0 Å². The average molecular weight is 294 g/mol. The highest BCUT2D eigenvalue weighted by Gasteiger charge is 2.37. The van der Waals surface area contributed by atoms with E-state index in [0.717, 1.165) is 18.7 Å². The molecular weight excluding hydrogens is 268 g/mol. The van der Waals surface area contributed by atoms with E-state index in [9.17, 15) is 9.90 Å². The third-order valence-electron chi connectivity index (χ3n) is 5.04. The Morgan fingerprint density at radius 2 is 1.86 bits per heavy atom. The van der Waals surface area contributed by atoms with Crippen molar-refractivity contribution < 1.29 is 9.90 Å². The maximum Gasteiger partial charge on any atom is 0.311 e. The second kappa shape index (κ2) is 7.00. The van der Waals surface area contributed by atoms with E-state index in [1.807, 2.05) is 13.8 Å². The van der Waals surface area contributed by atoms with Crippen molar-refractivity contribution in [3.05, 3.63) is 5.82 Å². The van der Waals surface area contributed by atoms with Gasteiger partial charge in [0, 0.05) is 5.92 Å². The minimum atomic E-state index is -0.769. The summed E-state index contributed by atoms with van der Waals surface area (Å²) in [6, 6.07) is 0. The van der Waals surface area contributed by atoms with Crippen LogP contribution in [0, 0.1) is 5.41 Å². The smallest absolute Gasteiger partial charge is 0.311 e. The molecule has 6 heteroatoms. The molecule has 1 aliphatic rings. The van der Waals surface area contributed by atoms with Crippen molar-refractivity contribution in [3.8, 4) is 0 Å². The summed E-state index contributed by atoms with van der Waals surface area (Å²) in [6.45, 7) is 4.22. The number of hydrogen-bond donors (Lipinski definition) is 1. The summed E-state index contributed by atoms with van der Waals surface area (Å²) in [5.74, 6) is 0.502. The fourth-order valence-electron chi connectivity index (χ4n) is 3.28. The topological polar surface area (TPSA) is 80.9 Å². The summed E-state index contributed by atoms with van der Waals surface area (Å²) in [7, 11) is 0. The lowest BCUT2D eigenvalue weighted by molar-refractivity contribution is -0.150. The Labute approximate surface area is 125 Å². The number of nitrogens with zero attached hydrogens (tertiary/aromatic N) is 4. The Morgan fingerprint density at radius 3 is 2.38 bits per heavy atom. The molecule has 0 amide bonds. The molecule has 0 radical (unpaired) electrons. The monoisotopic (exact) mass is 294 g/mol. The highest BCUT2D eigenvalue weighted by Crippen LogP contribution is 2.33. The molecule has 0 aliphatic heterocycles. The van der Waals surface area contributed by atoms with Gasteiger partial charge in [-0.05, 0) is 36.1 Å². The minimum absolute atomic E-state index is 0.369. The van der Waals surface area contributed by atoms with Gasteiger partial charge < -0.3 is 5.11 Å². The van der Waals surface area contributed by atoms with Crippen LogP contribution in [-0.4, -0.2) is 31.3 Å². The molecule has 1 aromatic rings. The highest BCUT2D eigenvalue weighted by molar-refractivity contribution is 5.74. The molecule has 21 heavy (non-hydrogen) atoms. The average Bonchev–Trinajstić information content (AvgIpc) is 2.76. The van der Waals surface area contributed by atoms with Crippen LogP contribution >= 0.6 is 0 Å². The van der Waals surface area contributed by atoms with Crippen LogP contribution in [-0.2, 0) is 11.3 Å². The van der Waals surface area contributed by atoms with Gasteiger partial charge in [0.25, 0.3) is 0 Å². The lowest BCUT2D eigenvalue weighted by Gasteiger charge is -2.27. The van der Waals surface area contributed by atoms with Gasteiger partial charge in [-0.1, -0.05) is 39.5 Å². The number of tetrazole rings is 1. The molecule has 1 aliphatic carbocycles. The minimum Gasteiger partial charge on any atom is -0.481 e. The molecule has 0 unspecified atom stereocenters. The van der Waals surface area contributed by atoms with Gasteiger partial charge >= 0.3 is 5.97 Å². The normalized spacial score (nSPS) is 17.6. The van der Waals surface area contributed by atoms with Gasteiger partial charge in [0.2, 0.25) is 0 Å². The van der Waals surface area contributed by atoms with Crippen LogP contribution < -0.4 is 0 Å². The summed E-state index contributed by atoms with van der Waals surface area (Å²) in [4.78, 5) is 11.7. The molecule has 0 bridgehead atoms. The first-order valence-corrected chi connectivity index (χ1v) is 8.12. The van der Waals surface area contributed by atoms with Crippen molar-refractivity contribution in [2.45, 2.75) is 77.7 Å². The van der Waals surface area contributed by atoms with Crippen molar-refractivity contribution in [3.63, 3.8) is 0 Å². The largest absolute Gasteiger partial charge is 0.481 e. The summed E-state index contributed by atoms with van der Waals surface area (Å²) >= 11 is 0. The molecule has 6 nitrogen and oxygen atoms in total. The van der Waals surface area contributed by atoms with Crippen LogP contribution in [0.4, 0.5) is 0 Å².